The second kappa shape index (κ2) is 15.0. The Morgan fingerprint density at radius 2 is 1.98 bits per heavy atom. The van der Waals surface area contributed by atoms with Crippen molar-refractivity contribution >= 4 is 23.7 Å². The Hall–Kier alpha value is -3.50. The number of esters is 1. The van der Waals surface area contributed by atoms with Gasteiger partial charge in [0.15, 0.2) is 0 Å². The molecule has 10 heteroatoms. The summed E-state index contributed by atoms with van der Waals surface area (Å²) in [5.74, 6) is -3.07. The summed E-state index contributed by atoms with van der Waals surface area (Å²) < 4.78 is 12.1. The van der Waals surface area contributed by atoms with Crippen molar-refractivity contribution in [1.82, 2.24) is 15.1 Å². The minimum Gasteiger partial charge on any atom is -0.463 e. The van der Waals surface area contributed by atoms with Crippen molar-refractivity contribution in [2.45, 2.75) is 88.6 Å². The SMILES string of the molecule is C=CCCC(=O)OC[C@H](NC(=O)[C@@H]1[C@H]2C(=O)N([C@@H](CC)CO)[C@H](C(=O)N(CC=C)CCCC)[C@]23CC[C@H]1O3)c1ccccc1. The van der Waals surface area contributed by atoms with Gasteiger partial charge in [-0.15, -0.1) is 13.2 Å². The molecule has 7 atom stereocenters. The van der Waals surface area contributed by atoms with Gasteiger partial charge in [0.25, 0.3) is 0 Å². The number of carbonyl (C=O) groups excluding carboxylic acids is 4. The van der Waals surface area contributed by atoms with Gasteiger partial charge >= 0.3 is 5.97 Å². The van der Waals surface area contributed by atoms with Crippen LogP contribution in [0.25, 0.3) is 0 Å². The number of benzene rings is 1. The van der Waals surface area contributed by atoms with Gasteiger partial charge in [0.1, 0.15) is 18.2 Å². The molecule has 3 saturated heterocycles. The average molecular weight is 610 g/mol. The second-order valence-electron chi connectivity index (χ2n) is 12.0. The van der Waals surface area contributed by atoms with Crippen LogP contribution in [0.5, 0.6) is 0 Å². The summed E-state index contributed by atoms with van der Waals surface area (Å²) in [6.07, 6.45) is 6.57. The number of aliphatic hydroxyl groups excluding tert-OH is 1. The van der Waals surface area contributed by atoms with Crippen LogP contribution in [-0.2, 0) is 28.7 Å². The van der Waals surface area contributed by atoms with E-state index in [2.05, 4.69) is 18.5 Å². The molecule has 0 unspecified atom stereocenters. The Bertz CT molecular complexity index is 1200. The fourth-order valence-corrected chi connectivity index (χ4v) is 7.09. The predicted molar refractivity (Wildman–Crippen MR) is 165 cm³/mol. The van der Waals surface area contributed by atoms with Crippen LogP contribution >= 0.6 is 0 Å². The van der Waals surface area contributed by atoms with E-state index in [1.165, 1.54) is 4.90 Å². The summed E-state index contributed by atoms with van der Waals surface area (Å²) >= 11 is 0. The highest BCUT2D eigenvalue weighted by atomic mass is 16.5. The molecule has 0 saturated carbocycles. The largest absolute Gasteiger partial charge is 0.463 e. The molecule has 3 aliphatic rings. The molecule has 1 aromatic carbocycles. The highest BCUT2D eigenvalue weighted by molar-refractivity contribution is 5.99. The summed E-state index contributed by atoms with van der Waals surface area (Å²) in [6.45, 7) is 11.8. The zero-order chi connectivity index (χ0) is 31.9. The van der Waals surface area contributed by atoms with Crippen molar-refractivity contribution in [3.63, 3.8) is 0 Å². The van der Waals surface area contributed by atoms with Crippen molar-refractivity contribution in [2.75, 3.05) is 26.3 Å². The van der Waals surface area contributed by atoms with E-state index < -0.39 is 47.6 Å². The number of hydrogen-bond acceptors (Lipinski definition) is 7. The lowest BCUT2D eigenvalue weighted by Gasteiger charge is -2.39. The van der Waals surface area contributed by atoms with Gasteiger partial charge in [0.2, 0.25) is 17.7 Å². The predicted octanol–water partition coefficient (Wildman–Crippen LogP) is 3.31. The van der Waals surface area contributed by atoms with Gasteiger partial charge < -0.3 is 29.7 Å². The van der Waals surface area contributed by atoms with Gasteiger partial charge in [-0.25, -0.2) is 0 Å². The Balaban J connectivity index is 1.65. The topological polar surface area (TPSA) is 125 Å². The number of unbranched alkanes of at least 4 members (excludes halogenated alkanes) is 1. The molecule has 2 N–H and O–H groups in total. The third kappa shape index (κ3) is 6.47. The molecule has 240 valence electrons. The molecule has 3 fully saturated rings. The zero-order valence-corrected chi connectivity index (χ0v) is 26.0. The number of nitrogens with zero attached hydrogens (tertiary/aromatic N) is 2. The van der Waals surface area contributed by atoms with E-state index in [4.69, 9.17) is 9.47 Å². The Kier molecular flexibility index (Phi) is 11.4. The summed E-state index contributed by atoms with van der Waals surface area (Å²) in [5.41, 5.74) is -0.417. The molecular formula is C34H47N3O7. The van der Waals surface area contributed by atoms with E-state index >= 15 is 0 Å². The zero-order valence-electron chi connectivity index (χ0n) is 26.0. The molecule has 1 aromatic rings. The van der Waals surface area contributed by atoms with Crippen LogP contribution in [0.1, 0.15) is 70.4 Å². The summed E-state index contributed by atoms with van der Waals surface area (Å²) in [7, 11) is 0. The van der Waals surface area contributed by atoms with Crippen LogP contribution in [0, 0.1) is 11.8 Å². The molecule has 3 heterocycles. The Morgan fingerprint density at radius 1 is 1.23 bits per heavy atom. The number of amides is 3. The Morgan fingerprint density at radius 3 is 2.61 bits per heavy atom. The van der Waals surface area contributed by atoms with E-state index in [1.807, 2.05) is 44.2 Å². The van der Waals surface area contributed by atoms with Crippen LogP contribution < -0.4 is 5.32 Å². The van der Waals surface area contributed by atoms with E-state index in [9.17, 15) is 24.3 Å². The normalized spacial score (nSPS) is 26.5. The van der Waals surface area contributed by atoms with Gasteiger partial charge in [0, 0.05) is 19.5 Å². The van der Waals surface area contributed by atoms with Gasteiger partial charge in [-0.1, -0.05) is 62.8 Å². The molecule has 2 bridgehead atoms. The van der Waals surface area contributed by atoms with E-state index in [0.29, 0.717) is 38.8 Å². The van der Waals surface area contributed by atoms with Crippen molar-refractivity contribution in [1.29, 1.82) is 0 Å². The minimum atomic E-state index is -1.17. The average Bonchev–Trinajstić information content (AvgIpc) is 3.68. The first-order valence-electron chi connectivity index (χ1n) is 15.9. The fraction of sp³-hybridized carbons (Fsp3) is 0.588. The molecule has 1 spiro atoms. The second-order valence-corrected chi connectivity index (χ2v) is 12.0. The first-order chi connectivity index (χ1) is 21.3. The van der Waals surface area contributed by atoms with Crippen LogP contribution in [0.15, 0.2) is 55.6 Å². The molecule has 10 nitrogen and oxygen atoms in total. The van der Waals surface area contributed by atoms with E-state index in [0.717, 1.165) is 18.4 Å². The lowest BCUT2D eigenvalue weighted by molar-refractivity contribution is -0.151. The van der Waals surface area contributed by atoms with Crippen molar-refractivity contribution in [2.24, 2.45) is 11.8 Å². The molecule has 0 aliphatic carbocycles. The van der Waals surface area contributed by atoms with Gasteiger partial charge in [0.05, 0.1) is 36.6 Å². The minimum absolute atomic E-state index is 0.0721. The third-order valence-electron chi connectivity index (χ3n) is 9.27. The highest BCUT2D eigenvalue weighted by Crippen LogP contribution is 2.59. The number of likely N-dealkylation sites (tertiary alicyclic amines) is 1. The standard InChI is InChI=1S/C34H47N3O7/c1-5-9-16-27(39)43-22-25(23-14-12-11-13-15-23)35-31(40)28-26-17-18-34(44-26)29(28)32(41)37(24(8-4)21-38)30(34)33(42)36(19-7-3)20-10-6-2/h5,7,11-15,24-26,28-30,38H,1,3,6,8-10,16-22H2,2,4H3,(H,35,40)/t24-,25-,26+,28-,29-,30+,34-/m0/s1. The van der Waals surface area contributed by atoms with E-state index in [1.54, 1.807) is 17.1 Å². The smallest absolute Gasteiger partial charge is 0.306 e. The third-order valence-corrected chi connectivity index (χ3v) is 9.27. The van der Waals surface area contributed by atoms with Gasteiger partial charge in [-0.05, 0) is 37.7 Å². The quantitative estimate of drug-likeness (QED) is 0.205. The number of nitrogens with one attached hydrogen (secondary N) is 1. The van der Waals surface area contributed by atoms with Gasteiger partial charge in [-0.2, -0.15) is 0 Å². The maximum absolute atomic E-state index is 14.3. The van der Waals surface area contributed by atoms with Crippen molar-refractivity contribution < 1.29 is 33.8 Å². The number of fused-ring (bicyclic) bond motifs is 1. The molecule has 0 aromatic heterocycles. The highest BCUT2D eigenvalue weighted by Gasteiger charge is 2.75. The number of carbonyl (C=O) groups is 4. The van der Waals surface area contributed by atoms with Gasteiger partial charge in [-0.3, -0.25) is 19.2 Å². The number of aliphatic hydroxyl groups is 1. The number of ether oxygens (including phenoxy) is 2. The first-order valence-corrected chi connectivity index (χ1v) is 15.9. The van der Waals surface area contributed by atoms with Crippen molar-refractivity contribution in [3.05, 3.63) is 61.2 Å². The Labute approximate surface area is 260 Å². The fourth-order valence-electron chi connectivity index (χ4n) is 7.09. The lowest BCUT2D eigenvalue weighted by atomic mass is 9.70. The monoisotopic (exact) mass is 609 g/mol. The molecule has 44 heavy (non-hydrogen) atoms. The molecule has 3 aliphatic heterocycles. The van der Waals surface area contributed by atoms with Crippen LogP contribution in [0.3, 0.4) is 0 Å². The van der Waals surface area contributed by atoms with Crippen LogP contribution in [0.4, 0.5) is 0 Å². The number of rotatable bonds is 17. The lowest BCUT2D eigenvalue weighted by Crippen LogP contribution is -2.58. The number of allylic oxidation sites excluding steroid dienone is 1. The van der Waals surface area contributed by atoms with Crippen LogP contribution in [0.2, 0.25) is 0 Å². The van der Waals surface area contributed by atoms with E-state index in [-0.39, 0.29) is 37.4 Å². The summed E-state index contributed by atoms with van der Waals surface area (Å²) in [5, 5.41) is 13.3. The molecule has 4 rings (SSSR count). The number of hydrogen-bond donors (Lipinski definition) is 2. The van der Waals surface area contributed by atoms with Crippen molar-refractivity contribution in [3.8, 4) is 0 Å². The van der Waals surface area contributed by atoms with Crippen LogP contribution in [-0.4, -0.2) is 88.7 Å². The maximum atomic E-state index is 14.3. The maximum Gasteiger partial charge on any atom is 0.306 e. The summed E-state index contributed by atoms with van der Waals surface area (Å²) in [4.78, 5) is 58.2. The first kappa shape index (κ1) is 33.4. The molecule has 0 radical (unpaired) electrons. The molecule has 3 amide bonds. The molecular weight excluding hydrogens is 562 g/mol. The summed E-state index contributed by atoms with van der Waals surface area (Å²) in [6, 6.07) is 7.04.